The molecule has 1 aliphatic carbocycles. The van der Waals surface area contributed by atoms with Crippen molar-refractivity contribution in [3.05, 3.63) is 23.8 Å². The fourth-order valence-electron chi connectivity index (χ4n) is 2.91. The molecular formula is C17H20F3N3O3. The van der Waals surface area contributed by atoms with Gasteiger partial charge in [0.1, 0.15) is 5.75 Å². The van der Waals surface area contributed by atoms with Crippen LogP contribution in [0.15, 0.2) is 18.2 Å². The van der Waals surface area contributed by atoms with E-state index in [1.54, 1.807) is 0 Å². The molecule has 2 aliphatic rings. The SMILES string of the molecule is COc1ccc(NC(=O)N2CC(NC(=O)C3CCC3)C2)c(C(F)(F)F)c1. The molecule has 1 aliphatic heterocycles. The summed E-state index contributed by atoms with van der Waals surface area (Å²) in [5.41, 5.74) is -1.30. The van der Waals surface area contributed by atoms with E-state index in [0.717, 1.165) is 31.4 Å². The number of rotatable bonds is 4. The number of alkyl halides is 3. The lowest BCUT2D eigenvalue weighted by atomic mass is 9.84. The smallest absolute Gasteiger partial charge is 0.418 e. The molecule has 9 heteroatoms. The summed E-state index contributed by atoms with van der Waals surface area (Å²) in [6.45, 7) is 0.559. The lowest BCUT2D eigenvalue weighted by Crippen LogP contribution is -2.62. The van der Waals surface area contributed by atoms with Gasteiger partial charge in [-0.15, -0.1) is 0 Å². The number of carbonyl (C=O) groups is 2. The second kappa shape index (κ2) is 7.05. The first-order valence-electron chi connectivity index (χ1n) is 8.39. The number of hydrogen-bond donors (Lipinski definition) is 2. The van der Waals surface area contributed by atoms with Gasteiger partial charge in [-0.1, -0.05) is 6.42 Å². The molecule has 0 spiro atoms. The summed E-state index contributed by atoms with van der Waals surface area (Å²) >= 11 is 0. The van der Waals surface area contributed by atoms with Crippen molar-refractivity contribution in [2.45, 2.75) is 31.5 Å². The lowest BCUT2D eigenvalue weighted by Gasteiger charge is -2.40. The molecule has 3 amide bonds. The van der Waals surface area contributed by atoms with Crippen molar-refractivity contribution in [1.82, 2.24) is 10.2 Å². The molecule has 6 nitrogen and oxygen atoms in total. The second-order valence-electron chi connectivity index (χ2n) is 6.58. The lowest BCUT2D eigenvalue weighted by molar-refractivity contribution is -0.137. The molecule has 0 radical (unpaired) electrons. The number of likely N-dealkylation sites (tertiary alicyclic amines) is 1. The summed E-state index contributed by atoms with van der Waals surface area (Å²) in [6.07, 6.45) is -1.78. The van der Waals surface area contributed by atoms with E-state index in [-0.39, 0.29) is 42.4 Å². The Balaban J connectivity index is 1.56. The van der Waals surface area contributed by atoms with Crippen LogP contribution in [0.2, 0.25) is 0 Å². The topological polar surface area (TPSA) is 70.7 Å². The Morgan fingerprint density at radius 1 is 1.23 bits per heavy atom. The van der Waals surface area contributed by atoms with Crippen molar-refractivity contribution in [1.29, 1.82) is 0 Å². The summed E-state index contributed by atoms with van der Waals surface area (Å²) in [5.74, 6) is 0.111. The van der Waals surface area contributed by atoms with Crippen LogP contribution >= 0.6 is 0 Å². The molecule has 1 aromatic carbocycles. The number of halogens is 3. The van der Waals surface area contributed by atoms with Gasteiger partial charge in [0.15, 0.2) is 0 Å². The predicted octanol–water partition coefficient (Wildman–Crippen LogP) is 2.85. The van der Waals surface area contributed by atoms with Crippen LogP contribution in [0, 0.1) is 5.92 Å². The highest BCUT2D eigenvalue weighted by Gasteiger charge is 2.37. The van der Waals surface area contributed by atoms with Gasteiger partial charge in [-0.25, -0.2) is 4.79 Å². The highest BCUT2D eigenvalue weighted by Crippen LogP contribution is 2.37. The zero-order valence-electron chi connectivity index (χ0n) is 14.2. The molecule has 26 heavy (non-hydrogen) atoms. The molecule has 1 heterocycles. The average Bonchev–Trinajstić information content (AvgIpc) is 2.47. The molecule has 1 aromatic rings. The molecule has 142 valence electrons. The first-order chi connectivity index (χ1) is 12.3. The first kappa shape index (κ1) is 18.3. The third-order valence-corrected chi connectivity index (χ3v) is 4.76. The molecule has 3 rings (SSSR count). The summed E-state index contributed by atoms with van der Waals surface area (Å²) in [6, 6.07) is 2.58. The van der Waals surface area contributed by atoms with Crippen molar-refractivity contribution < 1.29 is 27.5 Å². The summed E-state index contributed by atoms with van der Waals surface area (Å²) in [7, 11) is 1.27. The van der Waals surface area contributed by atoms with E-state index in [0.29, 0.717) is 0 Å². The van der Waals surface area contributed by atoms with Gasteiger partial charge in [0, 0.05) is 19.0 Å². The third-order valence-electron chi connectivity index (χ3n) is 4.76. The number of benzene rings is 1. The second-order valence-corrected chi connectivity index (χ2v) is 6.58. The maximum absolute atomic E-state index is 13.2. The summed E-state index contributed by atoms with van der Waals surface area (Å²) in [5, 5.41) is 5.15. The number of ether oxygens (including phenoxy) is 1. The Bertz CT molecular complexity index is 698. The quantitative estimate of drug-likeness (QED) is 0.855. The van der Waals surface area contributed by atoms with Gasteiger partial charge in [0.05, 0.1) is 24.4 Å². The number of carbonyl (C=O) groups excluding carboxylic acids is 2. The average molecular weight is 371 g/mol. The van der Waals surface area contributed by atoms with Crippen LogP contribution in [0.4, 0.5) is 23.7 Å². The number of anilines is 1. The zero-order valence-corrected chi connectivity index (χ0v) is 14.2. The minimum absolute atomic E-state index is 0.00387. The van der Waals surface area contributed by atoms with Gasteiger partial charge in [0.2, 0.25) is 5.91 Å². The Morgan fingerprint density at radius 3 is 2.46 bits per heavy atom. The number of nitrogens with one attached hydrogen (secondary N) is 2. The molecule has 2 N–H and O–H groups in total. The number of hydrogen-bond acceptors (Lipinski definition) is 3. The van der Waals surface area contributed by atoms with Crippen LogP contribution in [-0.4, -0.2) is 43.1 Å². The van der Waals surface area contributed by atoms with Crippen molar-refractivity contribution in [3.63, 3.8) is 0 Å². The van der Waals surface area contributed by atoms with Gasteiger partial charge in [-0.3, -0.25) is 4.79 Å². The number of amides is 3. The monoisotopic (exact) mass is 371 g/mol. The Labute approximate surface area is 148 Å². The van der Waals surface area contributed by atoms with Gasteiger partial charge >= 0.3 is 12.2 Å². The summed E-state index contributed by atoms with van der Waals surface area (Å²) < 4.78 is 44.3. The molecule has 0 bridgehead atoms. The van der Waals surface area contributed by atoms with Gasteiger partial charge in [0.25, 0.3) is 0 Å². The van der Waals surface area contributed by atoms with Crippen LogP contribution in [0.3, 0.4) is 0 Å². The van der Waals surface area contributed by atoms with E-state index in [1.807, 2.05) is 0 Å². The molecule has 0 atom stereocenters. The van der Waals surface area contributed by atoms with Crippen LogP contribution in [-0.2, 0) is 11.0 Å². The molecule has 0 unspecified atom stereocenters. The third kappa shape index (κ3) is 3.86. The highest BCUT2D eigenvalue weighted by atomic mass is 19.4. The van der Waals surface area contributed by atoms with E-state index in [4.69, 9.17) is 4.74 Å². The predicted molar refractivity (Wildman–Crippen MR) is 87.9 cm³/mol. The van der Waals surface area contributed by atoms with Gasteiger partial charge in [-0.2, -0.15) is 13.2 Å². The van der Waals surface area contributed by atoms with Crippen molar-refractivity contribution in [3.8, 4) is 5.75 Å². The van der Waals surface area contributed by atoms with Crippen molar-refractivity contribution in [2.24, 2.45) is 5.92 Å². The normalized spacial score (nSPS) is 17.9. The maximum atomic E-state index is 13.2. The standard InChI is InChI=1S/C17H20F3N3O3/c1-26-12-5-6-14(13(7-12)17(18,19)20)22-16(25)23-8-11(9-23)21-15(24)10-3-2-4-10/h5-7,10-11H,2-4,8-9H2,1H3,(H,21,24)(H,22,25). The number of urea groups is 1. The van der Waals surface area contributed by atoms with E-state index < -0.39 is 17.8 Å². The van der Waals surface area contributed by atoms with Crippen LogP contribution < -0.4 is 15.4 Å². The van der Waals surface area contributed by atoms with E-state index in [9.17, 15) is 22.8 Å². The fraction of sp³-hybridized carbons (Fsp3) is 0.529. The Kier molecular flexibility index (Phi) is 4.97. The van der Waals surface area contributed by atoms with Crippen LogP contribution in [0.25, 0.3) is 0 Å². The molecule has 2 fully saturated rings. The molecule has 1 saturated heterocycles. The maximum Gasteiger partial charge on any atom is 0.418 e. The fourth-order valence-corrected chi connectivity index (χ4v) is 2.91. The van der Waals surface area contributed by atoms with Gasteiger partial charge in [-0.05, 0) is 31.0 Å². The molecular weight excluding hydrogens is 351 g/mol. The zero-order chi connectivity index (χ0) is 18.9. The minimum atomic E-state index is -4.62. The van der Waals surface area contributed by atoms with Crippen molar-refractivity contribution in [2.75, 3.05) is 25.5 Å². The Morgan fingerprint density at radius 2 is 1.92 bits per heavy atom. The molecule has 0 aromatic heterocycles. The van der Waals surface area contributed by atoms with Crippen LogP contribution in [0.5, 0.6) is 5.75 Å². The first-order valence-corrected chi connectivity index (χ1v) is 8.39. The molecule has 1 saturated carbocycles. The Hall–Kier alpha value is -2.45. The van der Waals surface area contributed by atoms with Gasteiger partial charge < -0.3 is 20.3 Å². The van der Waals surface area contributed by atoms with Crippen molar-refractivity contribution >= 4 is 17.6 Å². The van der Waals surface area contributed by atoms with E-state index >= 15 is 0 Å². The summed E-state index contributed by atoms with van der Waals surface area (Å²) in [4.78, 5) is 25.4. The number of methoxy groups -OCH3 is 1. The number of nitrogens with zero attached hydrogens (tertiary/aromatic N) is 1. The van der Waals surface area contributed by atoms with E-state index in [1.165, 1.54) is 18.1 Å². The minimum Gasteiger partial charge on any atom is -0.497 e. The highest BCUT2D eigenvalue weighted by molar-refractivity contribution is 5.91. The largest absolute Gasteiger partial charge is 0.497 e. The van der Waals surface area contributed by atoms with E-state index in [2.05, 4.69) is 10.6 Å². The van der Waals surface area contributed by atoms with Crippen LogP contribution in [0.1, 0.15) is 24.8 Å².